The minimum Gasteiger partial charge on any atom is -0.324 e. The van der Waals surface area contributed by atoms with E-state index in [9.17, 15) is 19.7 Å². The standard InChI is InChI=1S/C18H16BrN5O4S/c19-14-10-13(24(27)28)6-7-15(14)20-16(25)11-29-18-22-21-17(26)23(18)9-8-12-4-2-1-3-5-12/h1-7,10H,8-9,11H2,(H,20,25)(H,21,26). The van der Waals surface area contributed by atoms with Gasteiger partial charge in [0.15, 0.2) is 5.16 Å². The average molecular weight is 478 g/mol. The third-order valence-corrected chi connectivity index (χ3v) is 5.59. The molecule has 0 aliphatic heterocycles. The van der Waals surface area contributed by atoms with Crippen molar-refractivity contribution >= 4 is 45.0 Å². The summed E-state index contributed by atoms with van der Waals surface area (Å²) in [6.45, 7) is 0.442. The number of hydrogen-bond acceptors (Lipinski definition) is 6. The number of carbonyl (C=O) groups excluding carboxylic acids is 1. The topological polar surface area (TPSA) is 123 Å². The molecule has 2 aromatic carbocycles. The highest BCUT2D eigenvalue weighted by Crippen LogP contribution is 2.27. The van der Waals surface area contributed by atoms with E-state index in [-0.39, 0.29) is 23.0 Å². The molecule has 2 N–H and O–H groups in total. The number of amides is 1. The van der Waals surface area contributed by atoms with Crippen LogP contribution >= 0.6 is 27.7 Å². The van der Waals surface area contributed by atoms with E-state index in [4.69, 9.17) is 0 Å². The van der Waals surface area contributed by atoms with Crippen molar-refractivity contribution in [3.8, 4) is 0 Å². The van der Waals surface area contributed by atoms with E-state index in [1.54, 1.807) is 0 Å². The van der Waals surface area contributed by atoms with Crippen molar-refractivity contribution in [1.29, 1.82) is 0 Å². The van der Waals surface area contributed by atoms with Crippen LogP contribution in [0.1, 0.15) is 5.56 Å². The van der Waals surface area contributed by atoms with Crippen LogP contribution in [0.4, 0.5) is 11.4 Å². The highest BCUT2D eigenvalue weighted by Gasteiger charge is 2.14. The predicted molar refractivity (Wildman–Crippen MR) is 113 cm³/mol. The van der Waals surface area contributed by atoms with E-state index in [1.807, 2.05) is 30.3 Å². The third kappa shape index (κ3) is 5.55. The van der Waals surface area contributed by atoms with Crippen LogP contribution in [0.25, 0.3) is 0 Å². The molecule has 0 aliphatic carbocycles. The van der Waals surface area contributed by atoms with E-state index in [0.717, 1.165) is 17.3 Å². The van der Waals surface area contributed by atoms with Gasteiger partial charge in [-0.2, -0.15) is 0 Å². The summed E-state index contributed by atoms with van der Waals surface area (Å²) >= 11 is 4.34. The Hall–Kier alpha value is -2.92. The molecule has 1 aromatic heterocycles. The maximum atomic E-state index is 12.2. The van der Waals surface area contributed by atoms with Gasteiger partial charge in [-0.1, -0.05) is 42.1 Å². The molecular weight excluding hydrogens is 462 g/mol. The molecule has 0 radical (unpaired) electrons. The van der Waals surface area contributed by atoms with Crippen molar-refractivity contribution in [3.63, 3.8) is 0 Å². The van der Waals surface area contributed by atoms with E-state index in [2.05, 4.69) is 31.4 Å². The first kappa shape index (κ1) is 20.8. The number of anilines is 1. The molecule has 0 spiro atoms. The van der Waals surface area contributed by atoms with Gasteiger partial charge in [0, 0.05) is 23.2 Å². The zero-order valence-corrected chi connectivity index (χ0v) is 17.4. The van der Waals surface area contributed by atoms with Crippen LogP contribution < -0.4 is 11.0 Å². The van der Waals surface area contributed by atoms with Crippen molar-refractivity contribution in [2.24, 2.45) is 0 Å². The number of aryl methyl sites for hydroxylation is 1. The van der Waals surface area contributed by atoms with Crippen molar-refractivity contribution in [3.05, 3.63) is 79.2 Å². The third-order valence-electron chi connectivity index (χ3n) is 3.96. The van der Waals surface area contributed by atoms with Crippen molar-refractivity contribution in [2.45, 2.75) is 18.1 Å². The van der Waals surface area contributed by atoms with Gasteiger partial charge < -0.3 is 5.32 Å². The SMILES string of the molecule is O=C(CSc1n[nH]c(=O)n1CCc1ccccc1)Nc1ccc([N+](=O)[O-])cc1Br. The van der Waals surface area contributed by atoms with Gasteiger partial charge in [-0.3, -0.25) is 19.5 Å². The fourth-order valence-corrected chi connectivity index (χ4v) is 3.77. The minimum atomic E-state index is -0.515. The zero-order chi connectivity index (χ0) is 20.8. The van der Waals surface area contributed by atoms with Crippen LogP contribution in [-0.4, -0.2) is 31.3 Å². The molecule has 0 fully saturated rings. The molecule has 1 amide bonds. The summed E-state index contributed by atoms with van der Waals surface area (Å²) in [6, 6.07) is 13.8. The number of nitrogens with one attached hydrogen (secondary N) is 2. The Kier molecular flexibility index (Phi) is 6.83. The number of H-pyrrole nitrogens is 1. The summed E-state index contributed by atoms with van der Waals surface area (Å²) in [5, 5.41) is 20.3. The first-order valence-corrected chi connectivity index (χ1v) is 10.3. The fraction of sp³-hybridized carbons (Fsp3) is 0.167. The molecule has 0 atom stereocenters. The van der Waals surface area contributed by atoms with Crippen LogP contribution in [0.15, 0.2) is 63.0 Å². The lowest BCUT2D eigenvalue weighted by Crippen LogP contribution is -2.20. The summed E-state index contributed by atoms with van der Waals surface area (Å²) in [7, 11) is 0. The molecule has 0 aliphatic rings. The summed E-state index contributed by atoms with van der Waals surface area (Å²) in [4.78, 5) is 34.5. The molecule has 11 heteroatoms. The first-order valence-electron chi connectivity index (χ1n) is 8.50. The number of non-ortho nitro benzene ring substituents is 1. The molecular formula is C18H16BrN5O4S. The van der Waals surface area contributed by atoms with E-state index in [1.165, 1.54) is 22.8 Å². The normalized spacial score (nSPS) is 10.7. The Morgan fingerprint density at radius 1 is 1.28 bits per heavy atom. The molecule has 1 heterocycles. The quantitative estimate of drug-likeness (QED) is 0.291. The smallest absolute Gasteiger partial charge is 0.324 e. The lowest BCUT2D eigenvalue weighted by atomic mass is 10.1. The van der Waals surface area contributed by atoms with Crippen molar-refractivity contribution < 1.29 is 9.72 Å². The van der Waals surface area contributed by atoms with Crippen LogP contribution in [0, 0.1) is 10.1 Å². The van der Waals surface area contributed by atoms with E-state index >= 15 is 0 Å². The van der Waals surface area contributed by atoms with Gasteiger partial charge in [0.2, 0.25) is 5.91 Å². The Morgan fingerprint density at radius 3 is 2.72 bits per heavy atom. The molecule has 0 saturated carbocycles. The molecule has 29 heavy (non-hydrogen) atoms. The summed E-state index contributed by atoms with van der Waals surface area (Å²) in [5.74, 6) is -0.298. The second kappa shape index (κ2) is 9.52. The number of aromatic nitrogens is 3. The minimum absolute atomic E-state index is 0.0268. The molecule has 3 rings (SSSR count). The predicted octanol–water partition coefficient (Wildman–Crippen LogP) is 3.22. The van der Waals surface area contributed by atoms with E-state index in [0.29, 0.717) is 28.3 Å². The number of hydrogen-bond donors (Lipinski definition) is 2. The summed E-state index contributed by atoms with van der Waals surface area (Å²) in [6.07, 6.45) is 0.662. The van der Waals surface area contributed by atoms with Crippen LogP contribution in [0.5, 0.6) is 0 Å². The largest absolute Gasteiger partial charge is 0.343 e. The Balaban J connectivity index is 1.59. The number of halogens is 1. The number of thioether (sulfide) groups is 1. The van der Waals surface area contributed by atoms with E-state index < -0.39 is 4.92 Å². The molecule has 0 unspecified atom stereocenters. The number of rotatable bonds is 8. The monoisotopic (exact) mass is 477 g/mol. The zero-order valence-electron chi connectivity index (χ0n) is 15.0. The maximum Gasteiger partial charge on any atom is 0.343 e. The van der Waals surface area contributed by atoms with Crippen molar-refractivity contribution in [1.82, 2.24) is 14.8 Å². The fourth-order valence-electron chi connectivity index (χ4n) is 2.53. The average Bonchev–Trinajstić information content (AvgIpc) is 3.06. The molecule has 3 aromatic rings. The number of nitro groups is 1. The van der Waals surface area contributed by atoms with Gasteiger partial charge >= 0.3 is 5.69 Å². The van der Waals surface area contributed by atoms with Gasteiger partial charge in [0.25, 0.3) is 5.69 Å². The highest BCUT2D eigenvalue weighted by atomic mass is 79.9. The second-order valence-electron chi connectivity index (χ2n) is 5.96. The van der Waals surface area contributed by atoms with Crippen LogP contribution in [0.3, 0.4) is 0 Å². The lowest BCUT2D eigenvalue weighted by molar-refractivity contribution is -0.384. The number of nitro benzene ring substituents is 1. The second-order valence-corrected chi connectivity index (χ2v) is 7.75. The van der Waals surface area contributed by atoms with Gasteiger partial charge in [0.1, 0.15) is 0 Å². The van der Waals surface area contributed by atoms with Gasteiger partial charge in [-0.05, 0) is 34.0 Å². The van der Waals surface area contributed by atoms with Crippen LogP contribution in [0.2, 0.25) is 0 Å². The highest BCUT2D eigenvalue weighted by molar-refractivity contribution is 9.10. The van der Waals surface area contributed by atoms with Gasteiger partial charge in [-0.15, -0.1) is 5.10 Å². The molecule has 150 valence electrons. The Labute approximate surface area is 177 Å². The molecule has 0 bridgehead atoms. The first-order chi connectivity index (χ1) is 13.9. The summed E-state index contributed by atoms with van der Waals surface area (Å²) in [5.41, 5.74) is 1.10. The van der Waals surface area contributed by atoms with Gasteiger partial charge in [-0.25, -0.2) is 9.89 Å². The molecule has 0 saturated heterocycles. The Morgan fingerprint density at radius 2 is 2.03 bits per heavy atom. The number of nitrogens with zero attached hydrogens (tertiary/aromatic N) is 3. The maximum absolute atomic E-state index is 12.2. The number of carbonyl (C=O) groups is 1. The Bertz CT molecular complexity index is 1080. The number of benzene rings is 2. The summed E-state index contributed by atoms with van der Waals surface area (Å²) < 4.78 is 1.90. The van der Waals surface area contributed by atoms with Crippen molar-refractivity contribution in [2.75, 3.05) is 11.1 Å². The van der Waals surface area contributed by atoms with Gasteiger partial charge in [0.05, 0.1) is 16.4 Å². The van der Waals surface area contributed by atoms with Crippen LogP contribution in [-0.2, 0) is 17.8 Å². The molecule has 9 nitrogen and oxygen atoms in total. The lowest BCUT2D eigenvalue weighted by Gasteiger charge is -2.08. The number of aromatic amines is 1.